The molecule has 0 aromatic carbocycles. The fourth-order valence-corrected chi connectivity index (χ4v) is 5.23. The minimum Gasteiger partial charge on any atom is -0.335 e. The number of aryl methyl sites for hydroxylation is 2. The number of carbonyl (C=O) groups is 1. The van der Waals surface area contributed by atoms with E-state index >= 15 is 0 Å². The third kappa shape index (κ3) is 3.15. The zero-order chi connectivity index (χ0) is 17.4. The van der Waals surface area contributed by atoms with E-state index in [1.165, 1.54) is 37.1 Å². The molecule has 25 heavy (non-hydrogen) atoms. The lowest BCUT2D eigenvalue weighted by Gasteiger charge is -2.38. The molecule has 2 aliphatic rings. The molecule has 0 unspecified atom stereocenters. The van der Waals surface area contributed by atoms with Gasteiger partial charge in [-0.05, 0) is 50.3 Å². The largest absolute Gasteiger partial charge is 0.335 e. The van der Waals surface area contributed by atoms with Gasteiger partial charge in [-0.25, -0.2) is 0 Å². The van der Waals surface area contributed by atoms with Crippen molar-refractivity contribution in [2.24, 2.45) is 0 Å². The van der Waals surface area contributed by atoms with Gasteiger partial charge in [0.05, 0.1) is 5.69 Å². The Morgan fingerprint density at radius 3 is 2.28 bits per heavy atom. The molecule has 5 heteroatoms. The third-order valence-electron chi connectivity index (χ3n) is 5.79. The molecular weight excluding hydrogens is 330 g/mol. The van der Waals surface area contributed by atoms with E-state index in [0.717, 1.165) is 42.8 Å². The summed E-state index contributed by atoms with van der Waals surface area (Å²) in [5.74, 6) is 0.198. The summed E-state index contributed by atoms with van der Waals surface area (Å²) in [7, 11) is 0. The van der Waals surface area contributed by atoms with Crippen molar-refractivity contribution < 1.29 is 4.79 Å². The fourth-order valence-electron chi connectivity index (χ4n) is 4.39. The molecule has 0 N–H and O–H groups in total. The van der Waals surface area contributed by atoms with E-state index in [0.29, 0.717) is 0 Å². The first-order valence-corrected chi connectivity index (χ1v) is 10.3. The van der Waals surface area contributed by atoms with Crippen LogP contribution in [-0.2, 0) is 0 Å². The highest BCUT2D eigenvalue weighted by Crippen LogP contribution is 2.28. The molecule has 0 atom stereocenters. The van der Waals surface area contributed by atoms with Gasteiger partial charge in [0.1, 0.15) is 4.88 Å². The van der Waals surface area contributed by atoms with Crippen molar-refractivity contribution >= 4 is 17.2 Å². The van der Waals surface area contributed by atoms with Crippen molar-refractivity contribution in [1.82, 2.24) is 14.4 Å². The molecule has 1 aliphatic carbocycles. The fraction of sp³-hybridized carbons (Fsp3) is 0.550. The molecule has 1 aliphatic heterocycles. The Kier molecular flexibility index (Phi) is 4.69. The molecule has 0 spiro atoms. The second kappa shape index (κ2) is 6.96. The van der Waals surface area contributed by atoms with Crippen molar-refractivity contribution in [1.29, 1.82) is 0 Å². The van der Waals surface area contributed by atoms with Crippen LogP contribution in [0.2, 0.25) is 0 Å². The Bertz CT molecular complexity index is 729. The molecule has 1 amide bonds. The summed E-state index contributed by atoms with van der Waals surface area (Å²) < 4.78 is 2.19. The normalized spacial score (nSPS) is 19.7. The molecule has 3 heterocycles. The van der Waals surface area contributed by atoms with Gasteiger partial charge >= 0.3 is 0 Å². The molecule has 2 fully saturated rings. The number of hydrogen-bond acceptors (Lipinski definition) is 3. The molecule has 4 rings (SSSR count). The molecule has 2 aromatic heterocycles. The van der Waals surface area contributed by atoms with Crippen LogP contribution in [0.5, 0.6) is 0 Å². The SMILES string of the molecule is Cc1ccc(C)n1-c1ccsc1C(=O)N1CCN(C2CCCC2)CC1. The Balaban J connectivity index is 1.49. The Morgan fingerprint density at radius 1 is 1.00 bits per heavy atom. The maximum absolute atomic E-state index is 13.1. The van der Waals surface area contributed by atoms with Gasteiger partial charge in [0.25, 0.3) is 5.91 Å². The minimum atomic E-state index is 0.198. The molecular formula is C20H27N3OS. The van der Waals surface area contributed by atoms with Crippen LogP contribution in [0.4, 0.5) is 0 Å². The summed E-state index contributed by atoms with van der Waals surface area (Å²) >= 11 is 1.57. The van der Waals surface area contributed by atoms with Gasteiger partial charge in [-0.2, -0.15) is 0 Å². The van der Waals surface area contributed by atoms with Gasteiger partial charge in [-0.15, -0.1) is 11.3 Å². The lowest BCUT2D eigenvalue weighted by molar-refractivity contribution is 0.0578. The van der Waals surface area contributed by atoms with Crippen molar-refractivity contribution in [3.8, 4) is 5.69 Å². The summed E-state index contributed by atoms with van der Waals surface area (Å²) in [5, 5.41) is 2.04. The van der Waals surface area contributed by atoms with E-state index in [1.807, 2.05) is 5.38 Å². The van der Waals surface area contributed by atoms with Gasteiger partial charge < -0.3 is 9.47 Å². The smallest absolute Gasteiger partial charge is 0.266 e. The number of rotatable bonds is 3. The van der Waals surface area contributed by atoms with E-state index in [2.05, 4.69) is 46.4 Å². The van der Waals surface area contributed by atoms with Gasteiger partial charge in [0.2, 0.25) is 0 Å². The maximum atomic E-state index is 13.1. The van der Waals surface area contributed by atoms with Crippen LogP contribution in [0.1, 0.15) is 46.7 Å². The van der Waals surface area contributed by atoms with Crippen molar-refractivity contribution in [2.45, 2.75) is 45.6 Å². The van der Waals surface area contributed by atoms with E-state index in [4.69, 9.17) is 0 Å². The van der Waals surface area contributed by atoms with Crippen LogP contribution < -0.4 is 0 Å². The average Bonchev–Trinajstić information content (AvgIpc) is 3.36. The highest BCUT2D eigenvalue weighted by molar-refractivity contribution is 7.12. The van der Waals surface area contributed by atoms with Crippen molar-refractivity contribution in [3.63, 3.8) is 0 Å². The highest BCUT2D eigenvalue weighted by Gasteiger charge is 2.29. The molecule has 0 radical (unpaired) electrons. The first kappa shape index (κ1) is 16.9. The van der Waals surface area contributed by atoms with Crippen LogP contribution >= 0.6 is 11.3 Å². The monoisotopic (exact) mass is 357 g/mol. The number of nitrogens with zero attached hydrogens (tertiary/aromatic N) is 3. The predicted octanol–water partition coefficient (Wildman–Crippen LogP) is 3.86. The number of aromatic nitrogens is 1. The van der Waals surface area contributed by atoms with Gasteiger partial charge in [0.15, 0.2) is 0 Å². The first-order valence-electron chi connectivity index (χ1n) is 9.41. The van der Waals surface area contributed by atoms with Crippen LogP contribution in [-0.4, -0.2) is 52.5 Å². The van der Waals surface area contributed by atoms with Crippen molar-refractivity contribution in [3.05, 3.63) is 39.8 Å². The maximum Gasteiger partial charge on any atom is 0.266 e. The van der Waals surface area contributed by atoms with E-state index < -0.39 is 0 Å². The minimum absolute atomic E-state index is 0.198. The van der Waals surface area contributed by atoms with E-state index in [1.54, 1.807) is 11.3 Å². The second-order valence-electron chi connectivity index (χ2n) is 7.35. The number of hydrogen-bond donors (Lipinski definition) is 0. The topological polar surface area (TPSA) is 28.5 Å². The summed E-state index contributed by atoms with van der Waals surface area (Å²) in [6.45, 7) is 7.96. The Morgan fingerprint density at radius 2 is 1.64 bits per heavy atom. The zero-order valence-electron chi connectivity index (χ0n) is 15.2. The molecule has 1 saturated carbocycles. The molecule has 1 saturated heterocycles. The summed E-state index contributed by atoms with van der Waals surface area (Å²) in [6.07, 6.45) is 5.43. The zero-order valence-corrected chi connectivity index (χ0v) is 16.0. The van der Waals surface area contributed by atoms with Crippen LogP contribution in [0, 0.1) is 13.8 Å². The van der Waals surface area contributed by atoms with E-state index in [9.17, 15) is 4.79 Å². The quantitative estimate of drug-likeness (QED) is 0.835. The number of amides is 1. The van der Waals surface area contributed by atoms with Crippen molar-refractivity contribution in [2.75, 3.05) is 26.2 Å². The van der Waals surface area contributed by atoms with Gasteiger partial charge in [-0.1, -0.05) is 12.8 Å². The molecule has 4 nitrogen and oxygen atoms in total. The second-order valence-corrected chi connectivity index (χ2v) is 8.27. The lowest BCUT2D eigenvalue weighted by Crippen LogP contribution is -2.51. The van der Waals surface area contributed by atoms with E-state index in [-0.39, 0.29) is 5.91 Å². The number of carbonyl (C=O) groups excluding carboxylic acids is 1. The third-order valence-corrected chi connectivity index (χ3v) is 6.68. The highest BCUT2D eigenvalue weighted by atomic mass is 32.1. The van der Waals surface area contributed by atoms with Crippen LogP contribution in [0.15, 0.2) is 23.6 Å². The molecule has 2 aromatic rings. The lowest BCUT2D eigenvalue weighted by atomic mass is 10.1. The number of thiophene rings is 1. The Labute approximate surface area is 154 Å². The van der Waals surface area contributed by atoms with Crippen LogP contribution in [0.25, 0.3) is 5.69 Å². The summed E-state index contributed by atoms with van der Waals surface area (Å²) in [4.78, 5) is 18.7. The predicted molar refractivity (Wildman–Crippen MR) is 103 cm³/mol. The first-order chi connectivity index (χ1) is 12.1. The summed E-state index contributed by atoms with van der Waals surface area (Å²) in [5.41, 5.74) is 3.39. The summed E-state index contributed by atoms with van der Waals surface area (Å²) in [6, 6.07) is 7.07. The standard InChI is InChI=1S/C20H27N3OS/c1-15-7-8-16(2)23(15)18-9-14-25-19(18)20(24)22-12-10-21(11-13-22)17-5-3-4-6-17/h7-9,14,17H,3-6,10-13H2,1-2H3. The number of piperazine rings is 1. The Hall–Kier alpha value is -1.59. The molecule has 134 valence electrons. The average molecular weight is 358 g/mol. The van der Waals surface area contributed by atoms with Gasteiger partial charge in [-0.3, -0.25) is 9.69 Å². The van der Waals surface area contributed by atoms with Gasteiger partial charge in [0, 0.05) is 43.6 Å². The van der Waals surface area contributed by atoms with Crippen LogP contribution in [0.3, 0.4) is 0 Å². The molecule has 0 bridgehead atoms.